The molecule has 1 heterocycles. The van der Waals surface area contributed by atoms with E-state index in [1.807, 2.05) is 7.05 Å². The molecule has 0 amide bonds. The first-order chi connectivity index (χ1) is 8.19. The number of halogens is 1. The van der Waals surface area contributed by atoms with Crippen molar-refractivity contribution in [3.8, 4) is 0 Å². The van der Waals surface area contributed by atoms with Gasteiger partial charge in [-0.3, -0.25) is 0 Å². The molecular formula is C13H15BrN2S. The lowest BCUT2D eigenvalue weighted by Crippen LogP contribution is -1.94. The zero-order valence-electron chi connectivity index (χ0n) is 9.96. The van der Waals surface area contributed by atoms with Gasteiger partial charge in [0.2, 0.25) is 0 Å². The Kier molecular flexibility index (Phi) is 4.18. The van der Waals surface area contributed by atoms with Crippen molar-refractivity contribution in [3.63, 3.8) is 0 Å². The average molecular weight is 311 g/mol. The third-order valence-corrected chi connectivity index (χ3v) is 4.44. The Bertz CT molecular complexity index is 508. The van der Waals surface area contributed by atoms with Gasteiger partial charge < -0.3 is 5.32 Å². The Balaban J connectivity index is 2.04. The summed E-state index contributed by atoms with van der Waals surface area (Å²) in [5.74, 6) is 0. The quantitative estimate of drug-likeness (QED) is 0.922. The van der Waals surface area contributed by atoms with Crippen molar-refractivity contribution in [3.05, 3.63) is 44.9 Å². The molecular weight excluding hydrogens is 296 g/mol. The van der Waals surface area contributed by atoms with Crippen LogP contribution in [-0.4, -0.2) is 12.0 Å². The van der Waals surface area contributed by atoms with Crippen LogP contribution in [0, 0.1) is 6.92 Å². The fourth-order valence-electron chi connectivity index (χ4n) is 1.72. The highest BCUT2D eigenvalue weighted by atomic mass is 79.9. The van der Waals surface area contributed by atoms with Crippen LogP contribution in [0.5, 0.6) is 0 Å². The van der Waals surface area contributed by atoms with Crippen molar-refractivity contribution in [2.75, 3.05) is 12.4 Å². The fourth-order valence-corrected chi connectivity index (χ4v) is 3.16. The number of benzene rings is 1. The molecule has 1 N–H and O–H groups in total. The van der Waals surface area contributed by atoms with E-state index in [4.69, 9.17) is 0 Å². The standard InChI is InChI=1S/C13H15BrN2S/c1-9-4-3-5-10(8-9)6-7-11-12(14)17-13(15-2)16-11/h3-5,8H,6-7H2,1-2H3,(H,15,16). The van der Waals surface area contributed by atoms with Gasteiger partial charge in [0.05, 0.1) is 9.48 Å². The van der Waals surface area contributed by atoms with Crippen molar-refractivity contribution in [2.45, 2.75) is 19.8 Å². The van der Waals surface area contributed by atoms with Crippen LogP contribution >= 0.6 is 27.3 Å². The number of rotatable bonds is 4. The monoisotopic (exact) mass is 310 g/mol. The van der Waals surface area contributed by atoms with Crippen molar-refractivity contribution < 1.29 is 0 Å². The Hall–Kier alpha value is -0.870. The lowest BCUT2D eigenvalue weighted by molar-refractivity contribution is 0.920. The van der Waals surface area contributed by atoms with Crippen LogP contribution in [0.1, 0.15) is 16.8 Å². The zero-order valence-corrected chi connectivity index (χ0v) is 12.4. The summed E-state index contributed by atoms with van der Waals surface area (Å²) in [5.41, 5.74) is 3.83. The first kappa shape index (κ1) is 12.6. The SMILES string of the molecule is CNc1nc(CCc2cccc(C)c2)c(Br)s1. The largest absolute Gasteiger partial charge is 0.365 e. The van der Waals surface area contributed by atoms with E-state index in [0.29, 0.717) is 0 Å². The second-order valence-corrected chi connectivity index (χ2v) is 6.30. The molecule has 2 nitrogen and oxygen atoms in total. The number of hydrogen-bond acceptors (Lipinski definition) is 3. The van der Waals surface area contributed by atoms with E-state index in [1.54, 1.807) is 11.3 Å². The summed E-state index contributed by atoms with van der Waals surface area (Å²) >= 11 is 5.21. The molecule has 0 fully saturated rings. The van der Waals surface area contributed by atoms with Gasteiger partial charge in [-0.15, -0.1) is 0 Å². The number of thiazole rings is 1. The predicted molar refractivity (Wildman–Crippen MR) is 77.9 cm³/mol. The lowest BCUT2D eigenvalue weighted by Gasteiger charge is -2.01. The number of anilines is 1. The molecule has 0 aliphatic carbocycles. The number of hydrogen-bond donors (Lipinski definition) is 1. The lowest BCUT2D eigenvalue weighted by atomic mass is 10.1. The summed E-state index contributed by atoms with van der Waals surface area (Å²) in [7, 11) is 1.90. The van der Waals surface area contributed by atoms with E-state index in [9.17, 15) is 0 Å². The molecule has 1 aromatic carbocycles. The summed E-state index contributed by atoms with van der Waals surface area (Å²) in [6, 6.07) is 8.65. The van der Waals surface area contributed by atoms with Gasteiger partial charge in [-0.2, -0.15) is 0 Å². The molecule has 0 radical (unpaired) electrons. The van der Waals surface area contributed by atoms with Gasteiger partial charge in [0.15, 0.2) is 5.13 Å². The number of nitrogens with zero attached hydrogens (tertiary/aromatic N) is 1. The smallest absolute Gasteiger partial charge is 0.183 e. The molecule has 1 aromatic heterocycles. The van der Waals surface area contributed by atoms with Crippen LogP contribution in [0.3, 0.4) is 0 Å². The van der Waals surface area contributed by atoms with E-state index in [0.717, 1.165) is 27.5 Å². The molecule has 17 heavy (non-hydrogen) atoms. The molecule has 0 bridgehead atoms. The maximum atomic E-state index is 4.53. The fraction of sp³-hybridized carbons (Fsp3) is 0.308. The molecule has 0 saturated heterocycles. The molecule has 0 aliphatic heterocycles. The van der Waals surface area contributed by atoms with Gasteiger partial charge >= 0.3 is 0 Å². The van der Waals surface area contributed by atoms with Crippen LogP contribution in [0.4, 0.5) is 5.13 Å². The maximum Gasteiger partial charge on any atom is 0.183 e. The van der Waals surface area contributed by atoms with Crippen molar-refractivity contribution >= 4 is 32.4 Å². The topological polar surface area (TPSA) is 24.9 Å². The molecule has 0 unspecified atom stereocenters. The molecule has 4 heteroatoms. The van der Waals surface area contributed by atoms with Gasteiger partial charge in [0, 0.05) is 7.05 Å². The number of aryl methyl sites for hydroxylation is 3. The van der Waals surface area contributed by atoms with Crippen LogP contribution in [0.15, 0.2) is 28.1 Å². The van der Waals surface area contributed by atoms with E-state index in [2.05, 4.69) is 57.4 Å². The molecule has 0 aliphatic rings. The summed E-state index contributed by atoms with van der Waals surface area (Å²) in [4.78, 5) is 4.53. The minimum atomic E-state index is 0.969. The average Bonchev–Trinajstić information content (AvgIpc) is 2.68. The van der Waals surface area contributed by atoms with Crippen molar-refractivity contribution in [1.29, 1.82) is 0 Å². The maximum absolute atomic E-state index is 4.53. The number of aromatic nitrogens is 1. The molecule has 90 valence electrons. The first-order valence-electron chi connectivity index (χ1n) is 5.57. The van der Waals surface area contributed by atoms with Gasteiger partial charge in [-0.1, -0.05) is 41.2 Å². The second kappa shape index (κ2) is 5.65. The van der Waals surface area contributed by atoms with Gasteiger partial charge in [-0.05, 0) is 41.3 Å². The van der Waals surface area contributed by atoms with Gasteiger partial charge in [-0.25, -0.2) is 4.98 Å². The second-order valence-electron chi connectivity index (χ2n) is 3.98. The van der Waals surface area contributed by atoms with E-state index in [1.165, 1.54) is 11.1 Å². The van der Waals surface area contributed by atoms with Gasteiger partial charge in [0.1, 0.15) is 0 Å². The summed E-state index contributed by atoms with van der Waals surface area (Å²) in [5, 5.41) is 4.04. The summed E-state index contributed by atoms with van der Waals surface area (Å²) in [6.45, 7) is 2.13. The van der Waals surface area contributed by atoms with Crippen molar-refractivity contribution in [2.24, 2.45) is 0 Å². The highest BCUT2D eigenvalue weighted by molar-refractivity contribution is 9.11. The van der Waals surface area contributed by atoms with Gasteiger partial charge in [0.25, 0.3) is 0 Å². The summed E-state index contributed by atoms with van der Waals surface area (Å²) in [6.07, 6.45) is 2.01. The first-order valence-corrected chi connectivity index (χ1v) is 7.18. The number of nitrogens with one attached hydrogen (secondary N) is 1. The molecule has 0 saturated carbocycles. The van der Waals surface area contributed by atoms with Crippen LogP contribution in [-0.2, 0) is 12.8 Å². The molecule has 0 spiro atoms. The van der Waals surface area contributed by atoms with Crippen LogP contribution in [0.25, 0.3) is 0 Å². The molecule has 2 aromatic rings. The minimum absolute atomic E-state index is 0.969. The Morgan fingerprint density at radius 3 is 2.82 bits per heavy atom. The van der Waals surface area contributed by atoms with E-state index >= 15 is 0 Å². The van der Waals surface area contributed by atoms with E-state index in [-0.39, 0.29) is 0 Å². The zero-order chi connectivity index (χ0) is 12.3. The van der Waals surface area contributed by atoms with Crippen LogP contribution < -0.4 is 5.32 Å². The third-order valence-electron chi connectivity index (χ3n) is 2.60. The summed E-state index contributed by atoms with van der Waals surface area (Å²) < 4.78 is 1.13. The Morgan fingerprint density at radius 1 is 1.35 bits per heavy atom. The van der Waals surface area contributed by atoms with Crippen molar-refractivity contribution in [1.82, 2.24) is 4.98 Å². The molecule has 2 rings (SSSR count). The highest BCUT2D eigenvalue weighted by Crippen LogP contribution is 2.29. The predicted octanol–water partition coefficient (Wildman–Crippen LogP) is 4.04. The Labute approximate surface area is 114 Å². The minimum Gasteiger partial charge on any atom is -0.365 e. The third kappa shape index (κ3) is 3.30. The highest BCUT2D eigenvalue weighted by Gasteiger charge is 2.07. The normalized spacial score (nSPS) is 10.5. The molecule has 0 atom stereocenters. The van der Waals surface area contributed by atoms with Crippen LogP contribution in [0.2, 0.25) is 0 Å². The Morgan fingerprint density at radius 2 is 2.18 bits per heavy atom. The van der Waals surface area contributed by atoms with E-state index < -0.39 is 0 Å².